The fourth-order valence-electron chi connectivity index (χ4n) is 3.15. The molecule has 1 aliphatic rings. The van der Waals surface area contributed by atoms with Crippen molar-refractivity contribution in [2.75, 3.05) is 0 Å². The summed E-state index contributed by atoms with van der Waals surface area (Å²) in [6, 6.07) is 18.5. The minimum atomic E-state index is -0.729. The van der Waals surface area contributed by atoms with Crippen LogP contribution < -0.4 is 10.1 Å². The van der Waals surface area contributed by atoms with E-state index in [1.165, 1.54) is 0 Å². The zero-order valence-corrected chi connectivity index (χ0v) is 14.4. The van der Waals surface area contributed by atoms with Gasteiger partial charge in [-0.2, -0.15) is 10.5 Å². The maximum atomic E-state index is 12.4. The highest BCUT2D eigenvalue weighted by Crippen LogP contribution is 2.29. The molecular formula is C21H19N3O2. The Balaban J connectivity index is 1.62. The van der Waals surface area contributed by atoms with Gasteiger partial charge in [-0.15, -0.1) is 0 Å². The van der Waals surface area contributed by atoms with Crippen LogP contribution in [0.1, 0.15) is 47.2 Å². The molecule has 0 aliphatic heterocycles. The maximum Gasteiger partial charge on any atom is 0.252 e. The van der Waals surface area contributed by atoms with Gasteiger partial charge in [-0.1, -0.05) is 18.2 Å². The highest BCUT2D eigenvalue weighted by Gasteiger charge is 2.35. The molecule has 130 valence electrons. The molecule has 0 unspecified atom stereocenters. The number of carbonyl (C=O) groups excluding carboxylic acids is 1. The molecule has 26 heavy (non-hydrogen) atoms. The van der Waals surface area contributed by atoms with Crippen molar-refractivity contribution in [2.45, 2.75) is 37.8 Å². The Kier molecular flexibility index (Phi) is 5.20. The lowest BCUT2D eigenvalue weighted by Gasteiger charge is -2.22. The first-order chi connectivity index (χ1) is 12.7. The number of ether oxygens (including phenoxy) is 1. The maximum absolute atomic E-state index is 12.4. The van der Waals surface area contributed by atoms with Crippen molar-refractivity contribution in [1.82, 2.24) is 5.32 Å². The van der Waals surface area contributed by atoms with Crippen LogP contribution in [0.4, 0.5) is 0 Å². The number of nitrogens with one attached hydrogen (secondary N) is 1. The van der Waals surface area contributed by atoms with Gasteiger partial charge in [0.05, 0.1) is 17.7 Å². The molecule has 1 saturated carbocycles. The van der Waals surface area contributed by atoms with Crippen molar-refractivity contribution in [3.63, 3.8) is 0 Å². The summed E-state index contributed by atoms with van der Waals surface area (Å²) in [5, 5.41) is 21.3. The van der Waals surface area contributed by atoms with Gasteiger partial charge in [-0.25, -0.2) is 0 Å². The molecule has 1 aliphatic carbocycles. The lowest BCUT2D eigenvalue weighted by molar-refractivity contribution is 0.0920. The Morgan fingerprint density at radius 1 is 1.08 bits per heavy atom. The van der Waals surface area contributed by atoms with Gasteiger partial charge in [0, 0.05) is 11.1 Å². The Labute approximate surface area is 152 Å². The van der Waals surface area contributed by atoms with Gasteiger partial charge in [0.2, 0.25) is 0 Å². The zero-order valence-electron chi connectivity index (χ0n) is 14.4. The Morgan fingerprint density at radius 3 is 2.42 bits per heavy atom. The van der Waals surface area contributed by atoms with Crippen molar-refractivity contribution in [2.24, 2.45) is 0 Å². The van der Waals surface area contributed by atoms with Crippen molar-refractivity contribution < 1.29 is 9.53 Å². The second-order valence-corrected chi connectivity index (χ2v) is 6.44. The standard InChI is InChI=1S/C21H19N3O2/c22-13-17-5-1-2-6-18(17)14-26-19-9-7-16(8-10-19)20(25)24-21(15-23)11-3-4-12-21/h1-2,5-10H,3-4,11-12,14H2,(H,24,25). The van der Waals surface area contributed by atoms with E-state index in [-0.39, 0.29) is 12.5 Å². The van der Waals surface area contributed by atoms with Crippen LogP contribution in [0.15, 0.2) is 48.5 Å². The molecule has 3 rings (SSSR count). The van der Waals surface area contributed by atoms with E-state index < -0.39 is 5.54 Å². The normalized spacial score (nSPS) is 14.8. The molecule has 0 aromatic heterocycles. The van der Waals surface area contributed by atoms with Crippen molar-refractivity contribution in [3.8, 4) is 17.9 Å². The van der Waals surface area contributed by atoms with Crippen LogP contribution in [0.2, 0.25) is 0 Å². The Bertz CT molecular complexity index is 869. The van der Waals surface area contributed by atoms with Crippen LogP contribution >= 0.6 is 0 Å². The monoisotopic (exact) mass is 345 g/mol. The largest absolute Gasteiger partial charge is 0.489 e. The van der Waals surface area contributed by atoms with Gasteiger partial charge >= 0.3 is 0 Å². The summed E-state index contributed by atoms with van der Waals surface area (Å²) in [7, 11) is 0. The SMILES string of the molecule is N#Cc1ccccc1COc1ccc(C(=O)NC2(C#N)CCCC2)cc1. The first-order valence-corrected chi connectivity index (χ1v) is 8.60. The molecule has 0 radical (unpaired) electrons. The molecule has 0 atom stereocenters. The molecule has 0 spiro atoms. The Morgan fingerprint density at radius 2 is 1.77 bits per heavy atom. The van der Waals surface area contributed by atoms with Gasteiger partial charge in [-0.05, 0) is 56.0 Å². The van der Waals surface area contributed by atoms with E-state index in [1.54, 1.807) is 30.3 Å². The minimum absolute atomic E-state index is 0.241. The van der Waals surface area contributed by atoms with E-state index in [1.807, 2.05) is 18.2 Å². The predicted octanol–water partition coefficient (Wildman–Crippen LogP) is 3.70. The molecule has 1 fully saturated rings. The number of carbonyl (C=O) groups is 1. The molecular weight excluding hydrogens is 326 g/mol. The zero-order chi connectivity index (χ0) is 18.4. The van der Waals surface area contributed by atoms with Gasteiger partial charge in [-0.3, -0.25) is 4.79 Å². The number of benzene rings is 2. The van der Waals surface area contributed by atoms with Gasteiger partial charge in [0.25, 0.3) is 5.91 Å². The van der Waals surface area contributed by atoms with Crippen molar-refractivity contribution >= 4 is 5.91 Å². The number of hydrogen-bond donors (Lipinski definition) is 1. The minimum Gasteiger partial charge on any atom is -0.489 e. The molecule has 0 saturated heterocycles. The fourth-order valence-corrected chi connectivity index (χ4v) is 3.15. The lowest BCUT2D eigenvalue weighted by Crippen LogP contribution is -2.45. The topological polar surface area (TPSA) is 85.9 Å². The summed E-state index contributed by atoms with van der Waals surface area (Å²) in [6.07, 6.45) is 3.33. The van der Waals surface area contributed by atoms with Gasteiger partial charge in [0.1, 0.15) is 17.9 Å². The average molecular weight is 345 g/mol. The number of nitriles is 2. The van der Waals surface area contributed by atoms with E-state index in [2.05, 4.69) is 17.5 Å². The first-order valence-electron chi connectivity index (χ1n) is 8.60. The molecule has 0 bridgehead atoms. The molecule has 0 heterocycles. The van der Waals surface area contributed by atoms with Gasteiger partial charge in [0.15, 0.2) is 0 Å². The fraction of sp³-hybridized carbons (Fsp3) is 0.286. The van der Waals surface area contributed by atoms with Crippen LogP contribution in [0.3, 0.4) is 0 Å². The van der Waals surface area contributed by atoms with Crippen molar-refractivity contribution in [3.05, 3.63) is 65.2 Å². The van der Waals surface area contributed by atoms with E-state index in [4.69, 9.17) is 10.00 Å². The number of rotatable bonds is 5. The molecule has 2 aromatic rings. The van der Waals surface area contributed by atoms with E-state index in [9.17, 15) is 10.1 Å². The smallest absolute Gasteiger partial charge is 0.252 e. The highest BCUT2D eigenvalue weighted by atomic mass is 16.5. The number of hydrogen-bond acceptors (Lipinski definition) is 4. The summed E-state index contributed by atoms with van der Waals surface area (Å²) in [5.74, 6) is 0.375. The average Bonchev–Trinajstić information content (AvgIpc) is 3.16. The number of amides is 1. The van der Waals surface area contributed by atoms with Crippen LogP contribution in [-0.4, -0.2) is 11.4 Å². The second kappa shape index (κ2) is 7.72. The van der Waals surface area contributed by atoms with E-state index in [0.717, 1.165) is 18.4 Å². The summed E-state index contributed by atoms with van der Waals surface area (Å²) in [5.41, 5.74) is 1.17. The first kappa shape index (κ1) is 17.5. The third kappa shape index (κ3) is 3.84. The van der Waals surface area contributed by atoms with Crippen LogP contribution in [-0.2, 0) is 6.61 Å². The summed E-state index contributed by atoms with van der Waals surface area (Å²) in [4.78, 5) is 12.4. The van der Waals surface area contributed by atoms with Gasteiger partial charge < -0.3 is 10.1 Å². The quantitative estimate of drug-likeness (QED) is 0.895. The molecule has 5 heteroatoms. The summed E-state index contributed by atoms with van der Waals surface area (Å²) in [6.45, 7) is 0.285. The molecule has 1 N–H and O–H groups in total. The number of nitrogens with zero attached hydrogens (tertiary/aromatic N) is 2. The van der Waals surface area contributed by atoms with E-state index >= 15 is 0 Å². The third-order valence-corrected chi connectivity index (χ3v) is 4.67. The van der Waals surface area contributed by atoms with E-state index in [0.29, 0.717) is 29.7 Å². The highest BCUT2D eigenvalue weighted by molar-refractivity contribution is 5.95. The lowest BCUT2D eigenvalue weighted by atomic mass is 9.99. The molecule has 5 nitrogen and oxygen atoms in total. The van der Waals surface area contributed by atoms with Crippen molar-refractivity contribution in [1.29, 1.82) is 10.5 Å². The van der Waals surface area contributed by atoms with Crippen LogP contribution in [0.25, 0.3) is 0 Å². The van der Waals surface area contributed by atoms with Crippen LogP contribution in [0.5, 0.6) is 5.75 Å². The predicted molar refractivity (Wildman–Crippen MR) is 96.2 cm³/mol. The third-order valence-electron chi connectivity index (χ3n) is 4.67. The molecule has 2 aromatic carbocycles. The van der Waals surface area contributed by atoms with Crippen LogP contribution in [0, 0.1) is 22.7 Å². The summed E-state index contributed by atoms with van der Waals surface area (Å²) < 4.78 is 5.71. The molecule has 1 amide bonds. The second-order valence-electron chi connectivity index (χ2n) is 6.44. The summed E-state index contributed by atoms with van der Waals surface area (Å²) >= 11 is 0. The Hall–Kier alpha value is -3.31.